The lowest BCUT2D eigenvalue weighted by atomic mass is 10.0. The van der Waals surface area contributed by atoms with Gasteiger partial charge in [0.2, 0.25) is 21.8 Å². The average molecular weight is 631 g/mol. The molecule has 3 aromatic carbocycles. The predicted molar refractivity (Wildman–Crippen MR) is 162 cm³/mol. The first-order chi connectivity index (χ1) is 19.0. The topological polar surface area (TPSA) is 96.0 Å². The number of amides is 2. The minimum absolute atomic E-state index is 0.124. The Morgan fingerprint density at radius 3 is 2.10 bits per heavy atom. The van der Waals surface area contributed by atoms with Crippen LogP contribution in [0.25, 0.3) is 0 Å². The molecule has 1 unspecified atom stereocenters. The van der Waals surface area contributed by atoms with Gasteiger partial charge in [-0.05, 0) is 53.4 Å². The van der Waals surface area contributed by atoms with Crippen LogP contribution in [0, 0.1) is 5.92 Å². The molecule has 3 aromatic rings. The molecule has 0 aliphatic rings. The number of rotatable bonds is 13. The SMILES string of the molecule is COc1ccc(N(CC(=O)N(Cc2ccc(Br)cc2)C(Cc2ccccc2)C(=O)NCC(C)C)S(C)(=O)=O)cc1. The van der Waals surface area contributed by atoms with Gasteiger partial charge in [0.15, 0.2) is 0 Å². The van der Waals surface area contributed by atoms with Crippen LogP contribution in [0.1, 0.15) is 25.0 Å². The van der Waals surface area contributed by atoms with Gasteiger partial charge in [0.05, 0.1) is 19.1 Å². The van der Waals surface area contributed by atoms with E-state index in [-0.39, 0.29) is 24.8 Å². The third-order valence-electron chi connectivity index (χ3n) is 6.26. The second kappa shape index (κ2) is 14.3. The van der Waals surface area contributed by atoms with Gasteiger partial charge in [0.1, 0.15) is 18.3 Å². The highest BCUT2D eigenvalue weighted by Crippen LogP contribution is 2.23. The number of carbonyl (C=O) groups excluding carboxylic acids is 2. The molecule has 0 saturated carbocycles. The van der Waals surface area contributed by atoms with Gasteiger partial charge >= 0.3 is 0 Å². The summed E-state index contributed by atoms with van der Waals surface area (Å²) in [5.41, 5.74) is 2.02. The third-order valence-corrected chi connectivity index (χ3v) is 7.93. The molecule has 1 N–H and O–H groups in total. The number of hydrogen-bond donors (Lipinski definition) is 1. The van der Waals surface area contributed by atoms with Gasteiger partial charge < -0.3 is 15.0 Å². The van der Waals surface area contributed by atoms with Crippen molar-refractivity contribution in [1.82, 2.24) is 10.2 Å². The Kier molecular flexibility index (Phi) is 11.2. The van der Waals surface area contributed by atoms with Gasteiger partial charge in [-0.15, -0.1) is 0 Å². The first-order valence-corrected chi connectivity index (χ1v) is 15.6. The number of nitrogens with zero attached hydrogens (tertiary/aromatic N) is 2. The summed E-state index contributed by atoms with van der Waals surface area (Å²) in [6.45, 7) is 4.10. The summed E-state index contributed by atoms with van der Waals surface area (Å²) in [4.78, 5) is 29.1. The Balaban J connectivity index is 2.03. The fourth-order valence-electron chi connectivity index (χ4n) is 4.13. The van der Waals surface area contributed by atoms with E-state index in [1.165, 1.54) is 12.0 Å². The van der Waals surface area contributed by atoms with Crippen molar-refractivity contribution in [3.05, 3.63) is 94.5 Å². The van der Waals surface area contributed by atoms with E-state index in [2.05, 4.69) is 21.2 Å². The largest absolute Gasteiger partial charge is 0.497 e. The quantitative estimate of drug-likeness (QED) is 0.297. The third kappa shape index (κ3) is 9.09. The molecular weight excluding hydrogens is 594 g/mol. The minimum atomic E-state index is -3.83. The van der Waals surface area contributed by atoms with E-state index in [0.29, 0.717) is 18.0 Å². The molecule has 3 rings (SSSR count). The molecule has 0 aliphatic carbocycles. The van der Waals surface area contributed by atoms with Gasteiger partial charge in [0, 0.05) is 24.0 Å². The second-order valence-electron chi connectivity index (χ2n) is 9.96. The number of ether oxygens (including phenoxy) is 1. The molecule has 40 heavy (non-hydrogen) atoms. The van der Waals surface area contributed by atoms with Crippen LogP contribution in [0.2, 0.25) is 0 Å². The molecule has 10 heteroatoms. The van der Waals surface area contributed by atoms with Crippen molar-refractivity contribution in [1.29, 1.82) is 0 Å². The Bertz CT molecular complexity index is 1360. The van der Waals surface area contributed by atoms with E-state index < -0.39 is 28.5 Å². The fourth-order valence-corrected chi connectivity index (χ4v) is 5.24. The van der Waals surface area contributed by atoms with Crippen LogP contribution >= 0.6 is 15.9 Å². The van der Waals surface area contributed by atoms with Crippen molar-refractivity contribution in [2.45, 2.75) is 32.9 Å². The molecule has 0 radical (unpaired) electrons. The molecule has 0 heterocycles. The van der Waals surface area contributed by atoms with Crippen molar-refractivity contribution in [2.75, 3.05) is 30.8 Å². The number of carbonyl (C=O) groups is 2. The summed E-state index contributed by atoms with van der Waals surface area (Å²) in [7, 11) is -2.31. The number of anilines is 1. The van der Waals surface area contributed by atoms with Crippen LogP contribution in [-0.2, 0) is 32.6 Å². The van der Waals surface area contributed by atoms with Crippen LogP contribution in [0.15, 0.2) is 83.3 Å². The maximum atomic E-state index is 14.0. The van der Waals surface area contributed by atoms with Crippen molar-refractivity contribution in [2.24, 2.45) is 5.92 Å². The van der Waals surface area contributed by atoms with Gasteiger partial charge in [-0.25, -0.2) is 8.42 Å². The van der Waals surface area contributed by atoms with Gasteiger partial charge in [0.25, 0.3) is 0 Å². The van der Waals surface area contributed by atoms with E-state index in [0.717, 1.165) is 26.2 Å². The zero-order valence-corrected chi connectivity index (χ0v) is 25.6. The second-order valence-corrected chi connectivity index (χ2v) is 12.8. The molecule has 0 saturated heterocycles. The van der Waals surface area contributed by atoms with Crippen LogP contribution in [-0.4, -0.2) is 57.6 Å². The van der Waals surface area contributed by atoms with Gasteiger partial charge in [-0.3, -0.25) is 13.9 Å². The standard InChI is InChI=1S/C30H36BrN3O5S/c1-22(2)19-32-30(36)28(18-23-8-6-5-7-9-23)33(20-24-10-12-25(31)13-11-24)29(35)21-34(40(4,37)38)26-14-16-27(39-3)17-15-26/h5-17,22,28H,18-21H2,1-4H3,(H,32,36). The predicted octanol–water partition coefficient (Wildman–Crippen LogP) is 4.64. The van der Waals surface area contributed by atoms with E-state index in [9.17, 15) is 18.0 Å². The zero-order chi connectivity index (χ0) is 29.3. The highest BCUT2D eigenvalue weighted by Gasteiger charge is 2.33. The molecule has 1 atom stereocenters. The van der Waals surface area contributed by atoms with E-state index >= 15 is 0 Å². The highest BCUT2D eigenvalue weighted by molar-refractivity contribution is 9.10. The summed E-state index contributed by atoms with van der Waals surface area (Å²) < 4.78 is 32.8. The Hall–Kier alpha value is -3.37. The summed E-state index contributed by atoms with van der Waals surface area (Å²) in [6.07, 6.45) is 1.33. The first kappa shape index (κ1) is 31.2. The van der Waals surface area contributed by atoms with Crippen LogP contribution < -0.4 is 14.4 Å². The van der Waals surface area contributed by atoms with Crippen molar-refractivity contribution >= 4 is 43.5 Å². The Morgan fingerprint density at radius 2 is 1.55 bits per heavy atom. The molecule has 2 amide bonds. The van der Waals surface area contributed by atoms with Crippen LogP contribution in [0.3, 0.4) is 0 Å². The summed E-state index contributed by atoms with van der Waals surface area (Å²) >= 11 is 3.43. The number of benzene rings is 3. The van der Waals surface area contributed by atoms with E-state index in [4.69, 9.17) is 4.74 Å². The fraction of sp³-hybridized carbons (Fsp3) is 0.333. The lowest BCUT2D eigenvalue weighted by molar-refractivity contribution is -0.140. The lowest BCUT2D eigenvalue weighted by Gasteiger charge is -2.33. The Morgan fingerprint density at radius 1 is 0.925 bits per heavy atom. The van der Waals surface area contributed by atoms with Gasteiger partial charge in [-0.2, -0.15) is 0 Å². The minimum Gasteiger partial charge on any atom is -0.497 e. The monoisotopic (exact) mass is 629 g/mol. The van der Waals surface area contributed by atoms with Crippen molar-refractivity contribution in [3.8, 4) is 5.75 Å². The average Bonchev–Trinajstić information content (AvgIpc) is 2.93. The van der Waals surface area contributed by atoms with Crippen LogP contribution in [0.5, 0.6) is 5.75 Å². The number of nitrogens with one attached hydrogen (secondary N) is 1. The summed E-state index contributed by atoms with van der Waals surface area (Å²) in [5.74, 6) is -0.0129. The van der Waals surface area contributed by atoms with Crippen molar-refractivity contribution < 1.29 is 22.7 Å². The maximum absolute atomic E-state index is 14.0. The summed E-state index contributed by atoms with van der Waals surface area (Å²) in [6, 6.07) is 22.5. The van der Waals surface area contributed by atoms with E-state index in [1.807, 2.05) is 68.4 Å². The van der Waals surface area contributed by atoms with E-state index in [1.54, 1.807) is 24.3 Å². The molecule has 0 fully saturated rings. The number of sulfonamides is 1. The van der Waals surface area contributed by atoms with Crippen molar-refractivity contribution in [3.63, 3.8) is 0 Å². The zero-order valence-electron chi connectivity index (χ0n) is 23.2. The number of halogens is 1. The molecule has 0 aromatic heterocycles. The normalized spacial score (nSPS) is 12.1. The molecular formula is C30H36BrN3O5S. The smallest absolute Gasteiger partial charge is 0.244 e. The molecule has 0 aliphatic heterocycles. The molecule has 0 bridgehead atoms. The Labute approximate surface area is 245 Å². The molecule has 214 valence electrons. The van der Waals surface area contributed by atoms with Gasteiger partial charge in [-0.1, -0.05) is 72.2 Å². The number of hydrogen-bond acceptors (Lipinski definition) is 5. The molecule has 8 nitrogen and oxygen atoms in total. The summed E-state index contributed by atoms with van der Waals surface area (Å²) in [5, 5.41) is 2.97. The highest BCUT2D eigenvalue weighted by atomic mass is 79.9. The molecule has 0 spiro atoms. The number of methoxy groups -OCH3 is 1. The van der Waals surface area contributed by atoms with Crippen LogP contribution in [0.4, 0.5) is 5.69 Å². The maximum Gasteiger partial charge on any atom is 0.244 e. The first-order valence-electron chi connectivity index (χ1n) is 12.9. The lowest BCUT2D eigenvalue weighted by Crippen LogP contribution is -2.53.